The number of hydrogen-bond donors (Lipinski definition) is 2. The fraction of sp³-hybridized carbons (Fsp3) is 0.308. The molecule has 1 aliphatic heterocycles. The van der Waals surface area contributed by atoms with Crippen molar-refractivity contribution in [1.29, 1.82) is 0 Å². The van der Waals surface area contributed by atoms with Crippen LogP contribution in [0.25, 0.3) is 21.7 Å². The average molecular weight is 415 g/mol. The van der Waals surface area contributed by atoms with E-state index in [9.17, 15) is 0 Å². The van der Waals surface area contributed by atoms with E-state index in [4.69, 9.17) is 10.6 Å². The normalized spacial score (nSPS) is 15.2. The van der Waals surface area contributed by atoms with Crippen molar-refractivity contribution in [2.75, 3.05) is 44.2 Å². The van der Waals surface area contributed by atoms with Gasteiger partial charge in [0.1, 0.15) is 0 Å². The molecule has 0 radical (unpaired) electrons. The van der Waals surface area contributed by atoms with Gasteiger partial charge in [-0.15, -0.1) is 0 Å². The highest BCUT2D eigenvalue weighted by molar-refractivity contribution is 5.94. The van der Waals surface area contributed by atoms with E-state index in [2.05, 4.69) is 81.8 Å². The molecular formula is C26H30N4O. The van der Waals surface area contributed by atoms with E-state index in [1.54, 1.807) is 0 Å². The number of nitrogens with two attached hydrogens (primary N) is 1. The van der Waals surface area contributed by atoms with Crippen LogP contribution in [0.4, 0.5) is 5.69 Å². The summed E-state index contributed by atoms with van der Waals surface area (Å²) in [7, 11) is 0. The van der Waals surface area contributed by atoms with Crippen molar-refractivity contribution in [1.82, 2.24) is 10.0 Å². The second-order valence-electron chi connectivity index (χ2n) is 8.23. The van der Waals surface area contributed by atoms with Gasteiger partial charge in [-0.25, -0.2) is 0 Å². The highest BCUT2D eigenvalue weighted by Crippen LogP contribution is 2.27. The number of fused-ring (bicyclic) bond motifs is 2. The summed E-state index contributed by atoms with van der Waals surface area (Å²) < 4.78 is 0. The first kappa shape index (κ1) is 20.1. The van der Waals surface area contributed by atoms with E-state index in [0.29, 0.717) is 13.2 Å². The first-order chi connectivity index (χ1) is 15.3. The second kappa shape index (κ2) is 9.10. The van der Waals surface area contributed by atoms with Crippen molar-refractivity contribution in [2.24, 2.45) is 5.73 Å². The number of piperazine rings is 1. The third kappa shape index (κ3) is 4.30. The quantitative estimate of drug-likeness (QED) is 0.478. The van der Waals surface area contributed by atoms with Crippen LogP contribution >= 0.6 is 0 Å². The van der Waals surface area contributed by atoms with E-state index in [0.717, 1.165) is 39.0 Å². The number of nitrogens with zero attached hydrogens (tertiary/aromatic N) is 2. The van der Waals surface area contributed by atoms with Gasteiger partial charge >= 0.3 is 0 Å². The summed E-state index contributed by atoms with van der Waals surface area (Å²) in [5.74, 6) is 0. The Bertz CT molecular complexity index is 1160. The van der Waals surface area contributed by atoms with Gasteiger partial charge in [-0.05, 0) is 54.1 Å². The van der Waals surface area contributed by atoms with Crippen LogP contribution in [0.1, 0.15) is 11.1 Å². The Kier molecular flexibility index (Phi) is 5.89. The molecule has 5 rings (SSSR count). The molecular weight excluding hydrogens is 384 g/mol. The van der Waals surface area contributed by atoms with Crippen LogP contribution in [-0.4, -0.2) is 49.4 Å². The third-order valence-corrected chi connectivity index (χ3v) is 6.26. The summed E-state index contributed by atoms with van der Waals surface area (Å²) in [6.07, 6.45) is 3.89. The number of aromatic nitrogens is 1. The Balaban J connectivity index is 1.15. The van der Waals surface area contributed by atoms with Gasteiger partial charge in [-0.2, -0.15) is 5.06 Å². The van der Waals surface area contributed by atoms with Crippen LogP contribution in [-0.2, 0) is 17.7 Å². The molecule has 31 heavy (non-hydrogen) atoms. The third-order valence-electron chi connectivity index (χ3n) is 6.26. The Morgan fingerprint density at radius 2 is 1.71 bits per heavy atom. The van der Waals surface area contributed by atoms with Crippen molar-refractivity contribution in [3.05, 3.63) is 78.0 Å². The van der Waals surface area contributed by atoms with Gasteiger partial charge < -0.3 is 15.6 Å². The number of aromatic amines is 1. The summed E-state index contributed by atoms with van der Waals surface area (Å²) in [6, 6.07) is 21.8. The van der Waals surface area contributed by atoms with Gasteiger partial charge in [0.25, 0.3) is 0 Å². The maximum absolute atomic E-state index is 6.11. The van der Waals surface area contributed by atoms with Crippen molar-refractivity contribution < 1.29 is 4.84 Å². The summed E-state index contributed by atoms with van der Waals surface area (Å²) >= 11 is 0. The van der Waals surface area contributed by atoms with Crippen LogP contribution in [0, 0.1) is 0 Å². The fourth-order valence-electron chi connectivity index (χ4n) is 4.58. The average Bonchev–Trinajstić information content (AvgIpc) is 3.22. The lowest BCUT2D eigenvalue weighted by Crippen LogP contribution is -2.46. The molecule has 0 amide bonds. The minimum atomic E-state index is 0.672. The zero-order valence-corrected chi connectivity index (χ0v) is 17.9. The molecule has 0 aliphatic carbocycles. The summed E-state index contributed by atoms with van der Waals surface area (Å²) in [6.45, 7) is 5.17. The molecule has 0 atom stereocenters. The molecule has 1 saturated heterocycles. The first-order valence-corrected chi connectivity index (χ1v) is 11.2. The number of nitrogens with one attached hydrogen (secondary N) is 1. The minimum absolute atomic E-state index is 0.672. The molecule has 1 aromatic heterocycles. The van der Waals surface area contributed by atoms with Crippen LogP contribution < -0.4 is 10.6 Å². The molecule has 0 saturated carbocycles. The SMILES string of the molecule is NCCc1c[nH]c2ccc(CCON3CCN(c4cccc5ccccc45)CC3)cc12. The Hall–Kier alpha value is -2.86. The monoisotopic (exact) mass is 414 g/mol. The second-order valence-corrected chi connectivity index (χ2v) is 8.23. The van der Waals surface area contributed by atoms with E-state index in [1.807, 2.05) is 0 Å². The zero-order valence-electron chi connectivity index (χ0n) is 17.9. The Labute approximate surface area is 183 Å². The molecule has 1 fully saturated rings. The van der Waals surface area contributed by atoms with Gasteiger partial charge in [0.2, 0.25) is 0 Å². The summed E-state index contributed by atoms with van der Waals surface area (Å²) in [5, 5.41) is 6.03. The molecule has 4 aromatic rings. The van der Waals surface area contributed by atoms with Crippen LogP contribution in [0.15, 0.2) is 66.9 Å². The highest BCUT2D eigenvalue weighted by atomic mass is 16.7. The number of rotatable bonds is 7. The molecule has 3 N–H and O–H groups in total. The molecule has 5 heteroatoms. The van der Waals surface area contributed by atoms with Crippen molar-refractivity contribution in [3.8, 4) is 0 Å². The number of hydrogen-bond acceptors (Lipinski definition) is 4. The molecule has 0 unspecified atom stereocenters. The molecule has 0 bridgehead atoms. The lowest BCUT2D eigenvalue weighted by Gasteiger charge is -2.35. The predicted octanol–water partition coefficient (Wildman–Crippen LogP) is 4.12. The standard InChI is InChI=1S/C26H30N4O/c27-12-10-22-19-28-25-9-8-20(18-24(22)25)11-17-31-30-15-13-29(14-16-30)26-7-3-5-21-4-1-2-6-23(21)26/h1-9,18-19,28H,10-17,27H2. The maximum atomic E-state index is 6.11. The maximum Gasteiger partial charge on any atom is 0.0725 e. The molecule has 3 aromatic carbocycles. The first-order valence-electron chi connectivity index (χ1n) is 11.2. The lowest BCUT2D eigenvalue weighted by atomic mass is 10.1. The largest absolute Gasteiger partial charge is 0.368 e. The Morgan fingerprint density at radius 3 is 2.58 bits per heavy atom. The summed E-state index contributed by atoms with van der Waals surface area (Å²) in [5.41, 5.74) is 10.8. The van der Waals surface area contributed by atoms with Crippen LogP contribution in [0.2, 0.25) is 0 Å². The minimum Gasteiger partial charge on any atom is -0.368 e. The smallest absolute Gasteiger partial charge is 0.0725 e. The van der Waals surface area contributed by atoms with Gasteiger partial charge in [0, 0.05) is 54.4 Å². The topological polar surface area (TPSA) is 57.5 Å². The van der Waals surface area contributed by atoms with E-state index < -0.39 is 0 Å². The van der Waals surface area contributed by atoms with Gasteiger partial charge in [-0.1, -0.05) is 42.5 Å². The van der Waals surface area contributed by atoms with Gasteiger partial charge in [-0.3, -0.25) is 4.84 Å². The van der Waals surface area contributed by atoms with Gasteiger partial charge in [0.15, 0.2) is 0 Å². The number of anilines is 1. The number of hydroxylamine groups is 2. The summed E-state index contributed by atoms with van der Waals surface area (Å²) in [4.78, 5) is 11.9. The zero-order chi connectivity index (χ0) is 21.0. The number of benzene rings is 3. The lowest BCUT2D eigenvalue weighted by molar-refractivity contribution is -0.160. The number of H-pyrrole nitrogens is 1. The van der Waals surface area contributed by atoms with E-state index >= 15 is 0 Å². The van der Waals surface area contributed by atoms with Crippen LogP contribution in [0.3, 0.4) is 0 Å². The Morgan fingerprint density at radius 1 is 0.871 bits per heavy atom. The van der Waals surface area contributed by atoms with Gasteiger partial charge in [0.05, 0.1) is 6.61 Å². The van der Waals surface area contributed by atoms with Crippen molar-refractivity contribution >= 4 is 27.4 Å². The molecule has 0 spiro atoms. The van der Waals surface area contributed by atoms with E-state index in [1.165, 1.54) is 38.5 Å². The predicted molar refractivity (Wildman–Crippen MR) is 128 cm³/mol. The molecule has 1 aliphatic rings. The molecule has 2 heterocycles. The molecule has 160 valence electrons. The van der Waals surface area contributed by atoms with Crippen LogP contribution in [0.5, 0.6) is 0 Å². The van der Waals surface area contributed by atoms with Crippen molar-refractivity contribution in [2.45, 2.75) is 12.8 Å². The fourth-order valence-corrected chi connectivity index (χ4v) is 4.58. The molecule has 5 nitrogen and oxygen atoms in total. The van der Waals surface area contributed by atoms with Crippen molar-refractivity contribution in [3.63, 3.8) is 0 Å². The highest BCUT2D eigenvalue weighted by Gasteiger charge is 2.19. The van der Waals surface area contributed by atoms with E-state index in [-0.39, 0.29) is 0 Å².